The highest BCUT2D eigenvalue weighted by Gasteiger charge is 2.30. The van der Waals surface area contributed by atoms with E-state index in [-0.39, 0.29) is 0 Å². The molecule has 0 aromatic carbocycles. The Balaban J connectivity index is 2.06. The first-order valence-electron chi connectivity index (χ1n) is 7.47. The van der Waals surface area contributed by atoms with Gasteiger partial charge in [0, 0.05) is 37.6 Å². The molecule has 19 heavy (non-hydrogen) atoms. The van der Waals surface area contributed by atoms with Gasteiger partial charge in [-0.2, -0.15) is 0 Å². The maximum atomic E-state index is 4.37. The van der Waals surface area contributed by atoms with Crippen molar-refractivity contribution in [3.05, 3.63) is 24.3 Å². The van der Waals surface area contributed by atoms with Crippen molar-refractivity contribution in [1.29, 1.82) is 0 Å². The Hall–Kier alpha value is -1.00. The predicted molar refractivity (Wildman–Crippen MR) is 77.8 cm³/mol. The molecule has 1 saturated heterocycles. The van der Waals surface area contributed by atoms with Crippen LogP contribution in [-0.2, 0) is 6.54 Å². The fraction of sp³-hybridized carbons (Fsp3) is 0.733. The Morgan fingerprint density at radius 3 is 2.74 bits per heavy atom. The number of hydrogen-bond acceptors (Lipinski definition) is 4. The lowest BCUT2D eigenvalue weighted by molar-refractivity contribution is 0.0808. The quantitative estimate of drug-likeness (QED) is 0.882. The molecule has 3 atom stereocenters. The average molecular weight is 262 g/mol. The fourth-order valence-electron chi connectivity index (χ4n) is 2.78. The number of piperazine rings is 1. The first kappa shape index (κ1) is 14.4. The van der Waals surface area contributed by atoms with Gasteiger partial charge in [-0.25, -0.2) is 9.97 Å². The molecule has 1 fully saturated rings. The van der Waals surface area contributed by atoms with E-state index in [1.165, 1.54) is 12.8 Å². The zero-order valence-electron chi connectivity index (χ0n) is 12.3. The number of rotatable bonds is 5. The lowest BCUT2D eigenvalue weighted by Crippen LogP contribution is -2.58. The van der Waals surface area contributed by atoms with Gasteiger partial charge in [0.2, 0.25) is 0 Å². The number of aromatic nitrogens is 2. The first-order valence-corrected chi connectivity index (χ1v) is 7.47. The predicted octanol–water partition coefficient (Wildman–Crippen LogP) is 2.08. The smallest absolute Gasteiger partial charge is 0.142 e. The van der Waals surface area contributed by atoms with Gasteiger partial charge in [-0.15, -0.1) is 0 Å². The van der Waals surface area contributed by atoms with Crippen LogP contribution in [0.4, 0.5) is 0 Å². The summed E-state index contributed by atoms with van der Waals surface area (Å²) in [5, 5.41) is 3.67. The summed E-state index contributed by atoms with van der Waals surface area (Å²) in [5.74, 6) is 1.64. The molecular formula is C15H26N4. The third-order valence-corrected chi connectivity index (χ3v) is 4.30. The molecule has 1 aromatic heterocycles. The summed E-state index contributed by atoms with van der Waals surface area (Å²) >= 11 is 0. The molecule has 4 nitrogen and oxygen atoms in total. The largest absolute Gasteiger partial charge is 0.311 e. The summed E-state index contributed by atoms with van der Waals surface area (Å²) in [7, 11) is 0. The molecule has 0 spiro atoms. The summed E-state index contributed by atoms with van der Waals surface area (Å²) in [5.41, 5.74) is 0. The minimum absolute atomic E-state index is 0.594. The number of hydrogen-bond donors (Lipinski definition) is 1. The molecule has 4 heteroatoms. The second kappa shape index (κ2) is 6.96. The van der Waals surface area contributed by atoms with Gasteiger partial charge in [0.25, 0.3) is 0 Å². The van der Waals surface area contributed by atoms with E-state index in [9.17, 15) is 0 Å². The van der Waals surface area contributed by atoms with Crippen molar-refractivity contribution in [2.75, 3.05) is 13.1 Å². The van der Waals surface area contributed by atoms with E-state index >= 15 is 0 Å². The maximum Gasteiger partial charge on any atom is 0.142 e. The van der Waals surface area contributed by atoms with Crippen molar-refractivity contribution in [2.45, 2.75) is 52.2 Å². The lowest BCUT2D eigenvalue weighted by Gasteiger charge is -2.42. The van der Waals surface area contributed by atoms with Crippen LogP contribution in [0.25, 0.3) is 0 Å². The molecule has 0 aliphatic carbocycles. The summed E-state index contributed by atoms with van der Waals surface area (Å²) in [6.07, 6.45) is 6.06. The molecule has 2 rings (SSSR count). The summed E-state index contributed by atoms with van der Waals surface area (Å²) in [4.78, 5) is 11.3. The minimum Gasteiger partial charge on any atom is -0.311 e. The van der Waals surface area contributed by atoms with Crippen LogP contribution in [0, 0.1) is 5.92 Å². The van der Waals surface area contributed by atoms with Crippen LogP contribution in [0.15, 0.2) is 18.5 Å². The van der Waals surface area contributed by atoms with Crippen molar-refractivity contribution >= 4 is 0 Å². The molecule has 1 aromatic rings. The summed E-state index contributed by atoms with van der Waals surface area (Å²) < 4.78 is 0. The third kappa shape index (κ3) is 3.74. The van der Waals surface area contributed by atoms with Crippen LogP contribution in [0.1, 0.15) is 39.4 Å². The van der Waals surface area contributed by atoms with Gasteiger partial charge in [0.05, 0.1) is 6.54 Å². The molecule has 2 heterocycles. The van der Waals surface area contributed by atoms with E-state index < -0.39 is 0 Å². The van der Waals surface area contributed by atoms with Crippen molar-refractivity contribution in [3.63, 3.8) is 0 Å². The Morgan fingerprint density at radius 2 is 2.11 bits per heavy atom. The van der Waals surface area contributed by atoms with Crippen LogP contribution in [0.3, 0.4) is 0 Å². The monoisotopic (exact) mass is 262 g/mol. The second-order valence-corrected chi connectivity index (χ2v) is 5.56. The van der Waals surface area contributed by atoms with Gasteiger partial charge >= 0.3 is 0 Å². The topological polar surface area (TPSA) is 41.1 Å². The van der Waals surface area contributed by atoms with Crippen LogP contribution in [0.5, 0.6) is 0 Å². The third-order valence-electron chi connectivity index (χ3n) is 4.30. The van der Waals surface area contributed by atoms with Crippen LogP contribution in [-0.4, -0.2) is 40.0 Å². The highest BCUT2D eigenvalue weighted by molar-refractivity contribution is 4.94. The van der Waals surface area contributed by atoms with Crippen molar-refractivity contribution < 1.29 is 0 Å². The standard InChI is InChI=1S/C15H26N4/c1-4-12(3)14-9-18-13(5-2)10-19(14)11-15-16-7-6-8-17-15/h6-8,12-14,18H,4-5,9-11H2,1-3H3. The van der Waals surface area contributed by atoms with E-state index in [1.54, 1.807) is 0 Å². The molecule has 1 aliphatic heterocycles. The van der Waals surface area contributed by atoms with E-state index in [1.807, 2.05) is 18.5 Å². The van der Waals surface area contributed by atoms with E-state index in [0.717, 1.165) is 25.5 Å². The molecular weight excluding hydrogens is 236 g/mol. The van der Waals surface area contributed by atoms with Crippen molar-refractivity contribution in [2.24, 2.45) is 5.92 Å². The zero-order chi connectivity index (χ0) is 13.7. The lowest BCUT2D eigenvalue weighted by atomic mass is 9.94. The maximum absolute atomic E-state index is 4.37. The van der Waals surface area contributed by atoms with Crippen LogP contribution < -0.4 is 5.32 Å². The van der Waals surface area contributed by atoms with E-state index in [4.69, 9.17) is 0 Å². The first-order chi connectivity index (χ1) is 9.24. The molecule has 0 bridgehead atoms. The highest BCUT2D eigenvalue weighted by Crippen LogP contribution is 2.20. The molecule has 0 radical (unpaired) electrons. The van der Waals surface area contributed by atoms with Gasteiger partial charge in [-0.1, -0.05) is 27.2 Å². The molecule has 3 unspecified atom stereocenters. The normalized spacial score (nSPS) is 26.3. The highest BCUT2D eigenvalue weighted by atomic mass is 15.2. The van der Waals surface area contributed by atoms with E-state index in [0.29, 0.717) is 18.0 Å². The molecule has 1 N–H and O–H groups in total. The van der Waals surface area contributed by atoms with Crippen molar-refractivity contribution in [1.82, 2.24) is 20.2 Å². The number of nitrogens with zero attached hydrogens (tertiary/aromatic N) is 3. The molecule has 0 saturated carbocycles. The van der Waals surface area contributed by atoms with Crippen molar-refractivity contribution in [3.8, 4) is 0 Å². The molecule has 106 valence electrons. The van der Waals surface area contributed by atoms with E-state index in [2.05, 4.69) is 41.0 Å². The van der Waals surface area contributed by atoms with Crippen LogP contribution in [0.2, 0.25) is 0 Å². The average Bonchev–Trinajstić information content (AvgIpc) is 2.47. The van der Waals surface area contributed by atoms with Gasteiger partial charge in [-0.05, 0) is 18.4 Å². The Labute approximate surface area is 116 Å². The zero-order valence-corrected chi connectivity index (χ0v) is 12.3. The Bertz CT molecular complexity index is 368. The Kier molecular flexibility index (Phi) is 5.28. The second-order valence-electron chi connectivity index (χ2n) is 5.56. The summed E-state index contributed by atoms with van der Waals surface area (Å²) in [6, 6.07) is 3.07. The summed E-state index contributed by atoms with van der Waals surface area (Å²) in [6.45, 7) is 9.92. The van der Waals surface area contributed by atoms with Crippen LogP contribution >= 0.6 is 0 Å². The van der Waals surface area contributed by atoms with Gasteiger partial charge in [0.1, 0.15) is 5.82 Å². The SMILES string of the molecule is CCC1CN(Cc2ncccn2)C(C(C)CC)CN1. The molecule has 1 aliphatic rings. The van der Waals surface area contributed by atoms with Gasteiger partial charge in [0.15, 0.2) is 0 Å². The van der Waals surface area contributed by atoms with Gasteiger partial charge in [-0.3, -0.25) is 4.90 Å². The minimum atomic E-state index is 0.594. The fourth-order valence-corrected chi connectivity index (χ4v) is 2.78. The Morgan fingerprint density at radius 1 is 1.37 bits per heavy atom. The van der Waals surface area contributed by atoms with Gasteiger partial charge < -0.3 is 5.32 Å². The number of nitrogens with one attached hydrogen (secondary N) is 1. The molecule has 0 amide bonds.